The van der Waals surface area contributed by atoms with E-state index in [9.17, 15) is 8.42 Å². The quantitative estimate of drug-likeness (QED) is 0.749. The average Bonchev–Trinajstić information content (AvgIpc) is 2.33. The number of halogens is 2. The zero-order valence-corrected chi connectivity index (χ0v) is 14.3. The van der Waals surface area contributed by atoms with Crippen LogP contribution in [0, 0.1) is 9.49 Å². The summed E-state index contributed by atoms with van der Waals surface area (Å²) < 4.78 is 27.8. The van der Waals surface area contributed by atoms with Crippen LogP contribution in [0.2, 0.25) is 5.02 Å². The molecule has 1 N–H and O–H groups in total. The van der Waals surface area contributed by atoms with E-state index in [0.29, 0.717) is 10.7 Å². The summed E-state index contributed by atoms with van der Waals surface area (Å²) in [7, 11) is -3.31. The molecule has 1 aliphatic carbocycles. The zero-order chi connectivity index (χ0) is 13.9. The molecule has 0 amide bonds. The lowest BCUT2D eigenvalue weighted by Gasteiger charge is -2.21. The van der Waals surface area contributed by atoms with Crippen molar-refractivity contribution < 1.29 is 8.42 Å². The molecule has 0 atom stereocenters. The highest BCUT2D eigenvalue weighted by molar-refractivity contribution is 14.1. The van der Waals surface area contributed by atoms with Gasteiger partial charge in [0.2, 0.25) is 10.0 Å². The summed E-state index contributed by atoms with van der Waals surface area (Å²) in [5.74, 6) is 0.490. The minimum absolute atomic E-state index is 0.204. The third kappa shape index (κ3) is 4.79. The number of benzene rings is 1. The van der Waals surface area contributed by atoms with Crippen LogP contribution in [0.3, 0.4) is 0 Å². The molecule has 0 spiro atoms. The Morgan fingerprint density at radius 1 is 1.26 bits per heavy atom. The zero-order valence-electron chi connectivity index (χ0n) is 10.5. The Morgan fingerprint density at radius 3 is 2.58 bits per heavy atom. The predicted molar refractivity (Wildman–Crippen MR) is 88.2 cm³/mol. The molecule has 0 saturated heterocycles. The van der Waals surface area contributed by atoms with E-state index in [0.717, 1.165) is 29.3 Å². The molecule has 0 heterocycles. The largest absolute Gasteiger partial charge is 0.282 e. The van der Waals surface area contributed by atoms with Gasteiger partial charge in [-0.15, -0.1) is 0 Å². The molecule has 0 aromatic heterocycles. The van der Waals surface area contributed by atoms with E-state index >= 15 is 0 Å². The van der Waals surface area contributed by atoms with Crippen molar-refractivity contribution in [3.05, 3.63) is 26.8 Å². The number of anilines is 1. The molecule has 1 saturated carbocycles. The number of hydrogen-bond donors (Lipinski definition) is 1. The van der Waals surface area contributed by atoms with E-state index in [4.69, 9.17) is 11.6 Å². The van der Waals surface area contributed by atoms with Gasteiger partial charge in [-0.05, 0) is 59.5 Å². The van der Waals surface area contributed by atoms with Crippen LogP contribution >= 0.6 is 34.2 Å². The van der Waals surface area contributed by atoms with Crippen LogP contribution < -0.4 is 4.72 Å². The molecule has 0 radical (unpaired) electrons. The van der Waals surface area contributed by atoms with Crippen LogP contribution in [-0.4, -0.2) is 14.2 Å². The summed E-state index contributed by atoms with van der Waals surface area (Å²) in [4.78, 5) is 0. The first-order valence-corrected chi connectivity index (χ1v) is 9.53. The molecule has 1 aromatic rings. The monoisotopic (exact) mass is 413 g/mol. The van der Waals surface area contributed by atoms with Gasteiger partial charge in [0.25, 0.3) is 0 Å². The summed E-state index contributed by atoms with van der Waals surface area (Å²) in [6.07, 6.45) is 5.55. The minimum atomic E-state index is -3.31. The van der Waals surface area contributed by atoms with E-state index in [-0.39, 0.29) is 11.7 Å². The second-order valence-electron chi connectivity index (χ2n) is 5.01. The SMILES string of the molecule is O=S(=O)(CC1CCCCC1)Nc1ccc(I)cc1Cl. The van der Waals surface area contributed by atoms with Gasteiger partial charge in [0, 0.05) is 3.57 Å². The molecule has 1 aliphatic rings. The molecular formula is C13H17ClINO2S. The molecule has 19 heavy (non-hydrogen) atoms. The van der Waals surface area contributed by atoms with Gasteiger partial charge < -0.3 is 0 Å². The van der Waals surface area contributed by atoms with Gasteiger partial charge in [0.15, 0.2) is 0 Å². The fraction of sp³-hybridized carbons (Fsp3) is 0.538. The Bertz CT molecular complexity index is 542. The Kier molecular flexibility index (Phi) is 5.37. The first kappa shape index (κ1) is 15.4. The maximum atomic E-state index is 12.1. The van der Waals surface area contributed by atoms with E-state index in [1.807, 2.05) is 6.07 Å². The second kappa shape index (κ2) is 6.63. The highest BCUT2D eigenvalue weighted by Crippen LogP contribution is 2.28. The van der Waals surface area contributed by atoms with Crippen LogP contribution in [0.4, 0.5) is 5.69 Å². The van der Waals surface area contributed by atoms with Crippen LogP contribution in [0.25, 0.3) is 0 Å². The maximum Gasteiger partial charge on any atom is 0.233 e. The lowest BCUT2D eigenvalue weighted by atomic mass is 9.91. The van der Waals surface area contributed by atoms with E-state index in [1.54, 1.807) is 12.1 Å². The Labute approximate surface area is 133 Å². The van der Waals surface area contributed by atoms with Crippen molar-refractivity contribution in [3.8, 4) is 0 Å². The van der Waals surface area contributed by atoms with Crippen molar-refractivity contribution in [1.29, 1.82) is 0 Å². The summed E-state index contributed by atoms with van der Waals surface area (Å²) in [5, 5.41) is 0.444. The van der Waals surface area contributed by atoms with Crippen molar-refractivity contribution in [2.45, 2.75) is 32.1 Å². The van der Waals surface area contributed by atoms with Crippen LogP contribution in [0.1, 0.15) is 32.1 Å². The lowest BCUT2D eigenvalue weighted by Crippen LogP contribution is -2.24. The normalized spacial score (nSPS) is 17.4. The standard InChI is InChI=1S/C13H17ClINO2S/c14-12-8-11(15)6-7-13(12)16-19(17,18)9-10-4-2-1-3-5-10/h6-8,10,16H,1-5,9H2. The number of sulfonamides is 1. The number of nitrogens with one attached hydrogen (secondary N) is 1. The molecule has 6 heteroatoms. The van der Waals surface area contributed by atoms with Gasteiger partial charge in [-0.25, -0.2) is 8.42 Å². The van der Waals surface area contributed by atoms with Gasteiger partial charge >= 0.3 is 0 Å². The second-order valence-corrected chi connectivity index (χ2v) is 8.43. The molecular weight excluding hydrogens is 397 g/mol. The first-order chi connectivity index (χ1) is 8.96. The van der Waals surface area contributed by atoms with Gasteiger partial charge in [0.05, 0.1) is 16.5 Å². The molecule has 3 nitrogen and oxygen atoms in total. The average molecular weight is 414 g/mol. The topological polar surface area (TPSA) is 46.2 Å². The van der Waals surface area contributed by atoms with Crippen molar-refractivity contribution in [1.82, 2.24) is 0 Å². The summed E-state index contributed by atoms with van der Waals surface area (Å²) in [6.45, 7) is 0. The van der Waals surface area contributed by atoms with Crippen LogP contribution in [0.15, 0.2) is 18.2 Å². The van der Waals surface area contributed by atoms with Crippen LogP contribution in [0.5, 0.6) is 0 Å². The van der Waals surface area contributed by atoms with Crippen molar-refractivity contribution in [2.24, 2.45) is 5.92 Å². The summed E-state index contributed by atoms with van der Waals surface area (Å²) in [5.41, 5.74) is 0.470. The fourth-order valence-corrected chi connectivity index (χ4v) is 4.95. The smallest absolute Gasteiger partial charge is 0.233 e. The van der Waals surface area contributed by atoms with Crippen LogP contribution in [-0.2, 0) is 10.0 Å². The molecule has 0 aliphatic heterocycles. The van der Waals surface area contributed by atoms with E-state index < -0.39 is 10.0 Å². The third-order valence-corrected chi connectivity index (χ3v) is 5.80. The molecule has 0 unspecified atom stereocenters. The van der Waals surface area contributed by atoms with E-state index in [2.05, 4.69) is 27.3 Å². The van der Waals surface area contributed by atoms with Gasteiger partial charge in [0.1, 0.15) is 0 Å². The van der Waals surface area contributed by atoms with E-state index in [1.165, 1.54) is 6.42 Å². The van der Waals surface area contributed by atoms with Crippen molar-refractivity contribution in [2.75, 3.05) is 10.5 Å². The van der Waals surface area contributed by atoms with Gasteiger partial charge in [-0.2, -0.15) is 0 Å². The molecule has 0 bridgehead atoms. The summed E-state index contributed by atoms with van der Waals surface area (Å²) >= 11 is 8.19. The number of rotatable bonds is 4. The highest BCUT2D eigenvalue weighted by Gasteiger charge is 2.21. The lowest BCUT2D eigenvalue weighted by molar-refractivity contribution is 0.385. The van der Waals surface area contributed by atoms with Crippen molar-refractivity contribution in [3.63, 3.8) is 0 Å². The predicted octanol–water partition coefficient (Wildman–Crippen LogP) is 4.27. The third-order valence-electron chi connectivity index (χ3n) is 3.38. The minimum Gasteiger partial charge on any atom is -0.282 e. The molecule has 2 rings (SSSR count). The number of hydrogen-bond acceptors (Lipinski definition) is 2. The maximum absolute atomic E-state index is 12.1. The molecule has 1 aromatic carbocycles. The van der Waals surface area contributed by atoms with Crippen molar-refractivity contribution >= 4 is 49.9 Å². The molecule has 1 fully saturated rings. The van der Waals surface area contributed by atoms with Gasteiger partial charge in [-0.3, -0.25) is 4.72 Å². The Morgan fingerprint density at radius 2 is 1.95 bits per heavy atom. The Hall–Kier alpha value is -0.0100. The fourth-order valence-electron chi connectivity index (χ4n) is 2.45. The van der Waals surface area contributed by atoms with Gasteiger partial charge in [-0.1, -0.05) is 30.9 Å². The highest BCUT2D eigenvalue weighted by atomic mass is 127. The molecule has 106 valence electrons. The Balaban J connectivity index is 2.03. The first-order valence-electron chi connectivity index (χ1n) is 6.42. The summed E-state index contributed by atoms with van der Waals surface area (Å²) in [6, 6.07) is 5.30.